The molecule has 2 heterocycles. The molecule has 0 N–H and O–H groups in total. The van der Waals surface area contributed by atoms with Crippen molar-refractivity contribution in [2.75, 3.05) is 0 Å². The maximum absolute atomic E-state index is 6.47. The van der Waals surface area contributed by atoms with Gasteiger partial charge in [-0.2, -0.15) is 0 Å². The van der Waals surface area contributed by atoms with Gasteiger partial charge in [-0.1, -0.05) is 70.2 Å². The van der Waals surface area contributed by atoms with Gasteiger partial charge in [0.1, 0.15) is 11.2 Å². The lowest BCUT2D eigenvalue weighted by atomic mass is 9.76. The molecule has 0 radical (unpaired) electrons. The number of fused-ring (bicyclic) bond motifs is 3. The van der Waals surface area contributed by atoms with Gasteiger partial charge >= 0.3 is 0 Å². The highest BCUT2D eigenvalue weighted by molar-refractivity contribution is 6.16. The molecule has 0 aliphatic heterocycles. The van der Waals surface area contributed by atoms with E-state index in [1.165, 1.54) is 38.4 Å². The van der Waals surface area contributed by atoms with Crippen molar-refractivity contribution < 1.29 is 4.42 Å². The van der Waals surface area contributed by atoms with Crippen molar-refractivity contribution in [1.82, 2.24) is 4.98 Å². The molecule has 1 aliphatic carbocycles. The molecule has 0 bridgehead atoms. The zero-order valence-electron chi connectivity index (χ0n) is 17.2. The van der Waals surface area contributed by atoms with Crippen molar-refractivity contribution in [3.05, 3.63) is 77.4 Å². The summed E-state index contributed by atoms with van der Waals surface area (Å²) >= 11 is 0. The van der Waals surface area contributed by atoms with Crippen LogP contribution in [-0.4, -0.2) is 4.98 Å². The summed E-state index contributed by atoms with van der Waals surface area (Å²) in [7, 11) is 0. The monoisotopic (exact) mass is 377 g/mol. The van der Waals surface area contributed by atoms with Crippen LogP contribution in [-0.2, 0) is 5.41 Å². The van der Waals surface area contributed by atoms with Crippen LogP contribution in [0.3, 0.4) is 0 Å². The third kappa shape index (κ3) is 2.09. The molecule has 3 aromatic carbocycles. The molecule has 6 rings (SSSR count). The molecular formula is C27H23NO. The second-order valence-electron chi connectivity index (χ2n) is 9.04. The minimum absolute atomic E-state index is 0.185. The van der Waals surface area contributed by atoms with E-state index >= 15 is 0 Å². The van der Waals surface area contributed by atoms with Crippen LogP contribution in [0.4, 0.5) is 0 Å². The average Bonchev–Trinajstić information content (AvgIpc) is 3.08. The van der Waals surface area contributed by atoms with E-state index in [2.05, 4.69) is 88.4 Å². The first kappa shape index (κ1) is 16.8. The number of para-hydroxylation sites is 1. The van der Waals surface area contributed by atoms with Crippen LogP contribution in [0.25, 0.3) is 44.1 Å². The molecule has 29 heavy (non-hydrogen) atoms. The molecule has 142 valence electrons. The van der Waals surface area contributed by atoms with Crippen LogP contribution in [0.15, 0.2) is 65.1 Å². The van der Waals surface area contributed by atoms with Gasteiger partial charge in [-0.05, 0) is 40.8 Å². The van der Waals surface area contributed by atoms with Gasteiger partial charge in [0.05, 0.1) is 11.2 Å². The van der Waals surface area contributed by atoms with Crippen LogP contribution in [0.1, 0.15) is 50.3 Å². The molecule has 0 unspecified atom stereocenters. The summed E-state index contributed by atoms with van der Waals surface area (Å²) in [5.74, 6) is 0.405. The fraction of sp³-hybridized carbons (Fsp3) is 0.222. The summed E-state index contributed by atoms with van der Waals surface area (Å²) in [6, 6.07) is 21.7. The van der Waals surface area contributed by atoms with Crippen LogP contribution in [0.2, 0.25) is 0 Å². The number of rotatable bonds is 1. The normalized spacial score (nSPS) is 14.8. The van der Waals surface area contributed by atoms with E-state index in [1.807, 2.05) is 0 Å². The number of pyridine rings is 1. The molecule has 0 atom stereocenters. The fourth-order valence-corrected chi connectivity index (χ4v) is 5.06. The van der Waals surface area contributed by atoms with Crippen LogP contribution < -0.4 is 0 Å². The predicted molar refractivity (Wildman–Crippen MR) is 121 cm³/mol. The Morgan fingerprint density at radius 3 is 2.52 bits per heavy atom. The van der Waals surface area contributed by atoms with E-state index in [-0.39, 0.29) is 5.41 Å². The van der Waals surface area contributed by atoms with Gasteiger partial charge < -0.3 is 4.42 Å². The highest BCUT2D eigenvalue weighted by Crippen LogP contribution is 2.50. The molecule has 0 fully saturated rings. The Bertz CT molecular complexity index is 1450. The summed E-state index contributed by atoms with van der Waals surface area (Å²) in [5.41, 5.74) is 8.95. The predicted octanol–water partition coefficient (Wildman–Crippen LogP) is 7.56. The first-order valence-corrected chi connectivity index (χ1v) is 10.4. The van der Waals surface area contributed by atoms with E-state index in [0.717, 1.165) is 22.4 Å². The lowest BCUT2D eigenvalue weighted by Crippen LogP contribution is -2.20. The number of hydrogen-bond donors (Lipinski definition) is 0. The zero-order valence-corrected chi connectivity index (χ0v) is 17.2. The Morgan fingerprint density at radius 2 is 1.69 bits per heavy atom. The summed E-state index contributed by atoms with van der Waals surface area (Å²) in [6.07, 6.45) is 0. The lowest BCUT2D eigenvalue weighted by Gasteiger charge is -2.28. The van der Waals surface area contributed by atoms with Gasteiger partial charge in [0.2, 0.25) is 0 Å². The largest absolute Gasteiger partial charge is 0.456 e. The Labute approximate surface area is 170 Å². The molecule has 5 aromatic rings. The summed E-state index contributed by atoms with van der Waals surface area (Å²) in [6.45, 7) is 9.10. The van der Waals surface area contributed by atoms with Gasteiger partial charge in [-0.15, -0.1) is 0 Å². The first-order chi connectivity index (χ1) is 14.0. The third-order valence-electron chi connectivity index (χ3n) is 6.62. The third-order valence-corrected chi connectivity index (χ3v) is 6.62. The molecular weight excluding hydrogens is 354 g/mol. The minimum Gasteiger partial charge on any atom is -0.456 e. The van der Waals surface area contributed by atoms with Crippen LogP contribution >= 0.6 is 0 Å². The molecule has 0 saturated heterocycles. The zero-order chi connectivity index (χ0) is 19.9. The van der Waals surface area contributed by atoms with Gasteiger partial charge in [0, 0.05) is 27.1 Å². The number of aromatic nitrogens is 1. The minimum atomic E-state index is -0.185. The molecule has 0 amide bonds. The number of benzene rings is 3. The number of furan rings is 1. The van der Waals surface area contributed by atoms with Crippen LogP contribution in [0.5, 0.6) is 0 Å². The van der Waals surface area contributed by atoms with E-state index in [4.69, 9.17) is 9.40 Å². The van der Waals surface area contributed by atoms with E-state index in [1.54, 1.807) is 0 Å². The second-order valence-corrected chi connectivity index (χ2v) is 9.04. The fourth-order valence-electron chi connectivity index (χ4n) is 5.06. The standard InChI is InChI=1S/C27H23NO/c1-15(2)17-12-13-19-24-23-18(9-7-11-22(23)29-26(17)24)25-20(27(19,3)4)14-16-8-5-6-10-21(16)28-25/h5-15H,1-4H3. The van der Waals surface area contributed by atoms with E-state index in [0.29, 0.717) is 5.92 Å². The smallest absolute Gasteiger partial charge is 0.139 e. The van der Waals surface area contributed by atoms with Gasteiger partial charge in [-0.3, -0.25) is 0 Å². The topological polar surface area (TPSA) is 26.0 Å². The highest BCUT2D eigenvalue weighted by atomic mass is 16.3. The van der Waals surface area contributed by atoms with E-state index < -0.39 is 0 Å². The lowest BCUT2D eigenvalue weighted by molar-refractivity contribution is 0.637. The van der Waals surface area contributed by atoms with Crippen molar-refractivity contribution in [2.24, 2.45) is 0 Å². The second kappa shape index (κ2) is 5.48. The maximum Gasteiger partial charge on any atom is 0.139 e. The SMILES string of the molecule is CC(C)c1ccc2c3c1oc1cccc(c13)-c1nc3ccccc3cc1C2(C)C. The van der Waals surface area contributed by atoms with E-state index in [9.17, 15) is 0 Å². The van der Waals surface area contributed by atoms with Gasteiger partial charge in [-0.25, -0.2) is 4.98 Å². The van der Waals surface area contributed by atoms with Crippen molar-refractivity contribution in [1.29, 1.82) is 0 Å². The Morgan fingerprint density at radius 1 is 0.862 bits per heavy atom. The first-order valence-electron chi connectivity index (χ1n) is 10.4. The van der Waals surface area contributed by atoms with Crippen molar-refractivity contribution in [3.8, 4) is 11.3 Å². The quantitative estimate of drug-likeness (QED) is 0.301. The highest BCUT2D eigenvalue weighted by Gasteiger charge is 2.35. The van der Waals surface area contributed by atoms with Crippen molar-refractivity contribution in [2.45, 2.75) is 39.0 Å². The summed E-state index contributed by atoms with van der Waals surface area (Å²) < 4.78 is 6.47. The van der Waals surface area contributed by atoms with Gasteiger partial charge in [0.15, 0.2) is 0 Å². The Kier molecular flexibility index (Phi) is 3.17. The summed E-state index contributed by atoms with van der Waals surface area (Å²) in [4.78, 5) is 5.16. The average molecular weight is 377 g/mol. The molecule has 2 nitrogen and oxygen atoms in total. The number of hydrogen-bond acceptors (Lipinski definition) is 2. The van der Waals surface area contributed by atoms with Crippen LogP contribution in [0, 0.1) is 0 Å². The molecule has 2 aromatic heterocycles. The van der Waals surface area contributed by atoms with Gasteiger partial charge in [0.25, 0.3) is 0 Å². The Balaban J connectivity index is 1.88. The Hall–Kier alpha value is -3.13. The maximum atomic E-state index is 6.47. The molecule has 2 heteroatoms. The molecule has 0 saturated carbocycles. The number of nitrogens with zero attached hydrogens (tertiary/aromatic N) is 1. The van der Waals surface area contributed by atoms with Crippen molar-refractivity contribution >= 4 is 32.8 Å². The summed E-state index contributed by atoms with van der Waals surface area (Å²) in [5, 5.41) is 3.65. The van der Waals surface area contributed by atoms with Crippen molar-refractivity contribution in [3.63, 3.8) is 0 Å². The molecule has 0 spiro atoms. The molecule has 1 aliphatic rings.